The molecule has 1 heterocycles. The van der Waals surface area contributed by atoms with Crippen molar-refractivity contribution in [3.05, 3.63) is 59.3 Å². The minimum Gasteiger partial charge on any atom is -0.245 e. The van der Waals surface area contributed by atoms with Gasteiger partial charge in [-0.05, 0) is 24.6 Å². The summed E-state index contributed by atoms with van der Waals surface area (Å²) in [7, 11) is 0. The van der Waals surface area contributed by atoms with Gasteiger partial charge in [0.1, 0.15) is 11.1 Å². The fraction of sp³-hybridized carbons (Fsp3) is 0.143. The predicted octanol–water partition coefficient (Wildman–Crippen LogP) is 3.55. The van der Waals surface area contributed by atoms with Gasteiger partial charge in [-0.3, -0.25) is 0 Å². The van der Waals surface area contributed by atoms with Crippen LogP contribution in [-0.4, -0.2) is 4.98 Å². The number of pyridine rings is 1. The number of thioether (sulfide) groups is 1. The van der Waals surface area contributed by atoms with Crippen LogP contribution in [0.2, 0.25) is 0 Å². The molecular formula is C14H12N2S. The van der Waals surface area contributed by atoms with Crippen molar-refractivity contribution in [2.45, 2.75) is 17.7 Å². The maximum Gasteiger partial charge on any atom is 0.114 e. The van der Waals surface area contributed by atoms with E-state index in [1.807, 2.05) is 37.3 Å². The fourth-order valence-electron chi connectivity index (χ4n) is 1.45. The summed E-state index contributed by atoms with van der Waals surface area (Å²) in [4.78, 5) is 4.40. The van der Waals surface area contributed by atoms with Crippen molar-refractivity contribution in [2.75, 3.05) is 0 Å². The molecule has 2 aromatic rings. The van der Waals surface area contributed by atoms with Crippen molar-refractivity contribution < 1.29 is 0 Å². The maximum absolute atomic E-state index is 9.00. The first-order valence-corrected chi connectivity index (χ1v) is 6.32. The zero-order chi connectivity index (χ0) is 12.1. The molecule has 0 saturated carbocycles. The Hall–Kier alpha value is -1.79. The second kappa shape index (κ2) is 5.51. The minimum absolute atomic E-state index is 0.650. The Morgan fingerprint density at radius 1 is 1.18 bits per heavy atom. The summed E-state index contributed by atoms with van der Waals surface area (Å²) < 4.78 is 0. The molecule has 84 valence electrons. The molecule has 0 aliphatic rings. The summed E-state index contributed by atoms with van der Waals surface area (Å²) in [5, 5.41) is 9.82. The van der Waals surface area contributed by atoms with Gasteiger partial charge in [0.05, 0.1) is 5.56 Å². The third-order valence-electron chi connectivity index (χ3n) is 2.34. The molecule has 0 atom stereocenters. The summed E-state index contributed by atoms with van der Waals surface area (Å²) in [6.07, 6.45) is 0. The van der Waals surface area contributed by atoms with Crippen LogP contribution in [0, 0.1) is 18.3 Å². The first kappa shape index (κ1) is 11.7. The highest BCUT2D eigenvalue weighted by Crippen LogP contribution is 2.24. The largest absolute Gasteiger partial charge is 0.245 e. The van der Waals surface area contributed by atoms with E-state index in [1.54, 1.807) is 11.8 Å². The summed E-state index contributed by atoms with van der Waals surface area (Å²) in [5.41, 5.74) is 2.83. The van der Waals surface area contributed by atoms with E-state index >= 15 is 0 Å². The number of rotatable bonds is 3. The smallest absolute Gasteiger partial charge is 0.114 e. The zero-order valence-electron chi connectivity index (χ0n) is 9.55. The third-order valence-corrected chi connectivity index (χ3v) is 3.40. The third kappa shape index (κ3) is 3.08. The van der Waals surface area contributed by atoms with E-state index in [9.17, 15) is 0 Å². The molecule has 0 N–H and O–H groups in total. The summed E-state index contributed by atoms with van der Waals surface area (Å²) >= 11 is 1.61. The molecule has 2 nitrogen and oxygen atoms in total. The van der Waals surface area contributed by atoms with E-state index in [2.05, 4.69) is 23.2 Å². The monoisotopic (exact) mass is 240 g/mol. The van der Waals surface area contributed by atoms with Crippen LogP contribution >= 0.6 is 11.8 Å². The van der Waals surface area contributed by atoms with Crippen LogP contribution in [0.3, 0.4) is 0 Å². The average Bonchev–Trinajstić information content (AvgIpc) is 2.38. The second-order valence-electron chi connectivity index (χ2n) is 3.69. The van der Waals surface area contributed by atoms with Crippen LogP contribution in [0.25, 0.3) is 0 Å². The number of nitrogens with zero attached hydrogens (tertiary/aromatic N) is 2. The minimum atomic E-state index is 0.650. The van der Waals surface area contributed by atoms with Crippen molar-refractivity contribution >= 4 is 11.8 Å². The number of nitriles is 1. The fourth-order valence-corrected chi connectivity index (χ4v) is 2.43. The Kier molecular flexibility index (Phi) is 3.79. The van der Waals surface area contributed by atoms with Gasteiger partial charge in [-0.25, -0.2) is 4.98 Å². The Balaban J connectivity index is 2.14. The number of aromatic nitrogens is 1. The van der Waals surface area contributed by atoms with Crippen molar-refractivity contribution in [3.8, 4) is 6.07 Å². The van der Waals surface area contributed by atoms with Gasteiger partial charge < -0.3 is 0 Å². The molecule has 17 heavy (non-hydrogen) atoms. The first-order chi connectivity index (χ1) is 8.29. The molecule has 3 heteroatoms. The normalized spacial score (nSPS) is 9.88. The van der Waals surface area contributed by atoms with Crippen LogP contribution < -0.4 is 0 Å². The van der Waals surface area contributed by atoms with Gasteiger partial charge >= 0.3 is 0 Å². The average molecular weight is 240 g/mol. The van der Waals surface area contributed by atoms with Gasteiger partial charge in [0.15, 0.2) is 0 Å². The Bertz CT molecular complexity index is 544. The molecule has 1 aromatic carbocycles. The quantitative estimate of drug-likeness (QED) is 0.770. The predicted molar refractivity (Wildman–Crippen MR) is 69.7 cm³/mol. The standard InChI is InChI=1S/C14H12N2S/c1-11-7-8-13(9-15)14(16-11)17-10-12-5-3-2-4-6-12/h2-8H,10H2,1H3. The van der Waals surface area contributed by atoms with E-state index in [-0.39, 0.29) is 0 Å². The zero-order valence-corrected chi connectivity index (χ0v) is 10.4. The summed E-state index contributed by atoms with van der Waals surface area (Å²) in [6, 6.07) is 16.1. The van der Waals surface area contributed by atoms with E-state index in [4.69, 9.17) is 5.26 Å². The summed E-state index contributed by atoms with van der Waals surface area (Å²) in [5.74, 6) is 0.839. The molecule has 0 radical (unpaired) electrons. The van der Waals surface area contributed by atoms with Gasteiger partial charge in [0, 0.05) is 11.4 Å². The van der Waals surface area contributed by atoms with E-state index < -0.39 is 0 Å². The van der Waals surface area contributed by atoms with Crippen molar-refractivity contribution in [3.63, 3.8) is 0 Å². The molecule has 0 fully saturated rings. The molecule has 2 rings (SSSR count). The van der Waals surface area contributed by atoms with E-state index in [0.29, 0.717) is 5.56 Å². The maximum atomic E-state index is 9.00. The highest BCUT2D eigenvalue weighted by Gasteiger charge is 2.05. The molecule has 0 unspecified atom stereocenters. The summed E-state index contributed by atoms with van der Waals surface area (Å²) in [6.45, 7) is 1.94. The SMILES string of the molecule is Cc1ccc(C#N)c(SCc2ccccc2)n1. The van der Waals surface area contributed by atoms with Crippen molar-refractivity contribution in [2.24, 2.45) is 0 Å². The van der Waals surface area contributed by atoms with Crippen LogP contribution in [0.15, 0.2) is 47.5 Å². The Morgan fingerprint density at radius 3 is 2.65 bits per heavy atom. The number of aryl methyl sites for hydroxylation is 1. The lowest BCUT2D eigenvalue weighted by Crippen LogP contribution is -1.90. The first-order valence-electron chi connectivity index (χ1n) is 5.34. The van der Waals surface area contributed by atoms with Gasteiger partial charge in [0.25, 0.3) is 0 Å². The van der Waals surface area contributed by atoms with Gasteiger partial charge in [-0.2, -0.15) is 5.26 Å². The molecule has 0 bridgehead atoms. The van der Waals surface area contributed by atoms with E-state index in [1.165, 1.54) is 5.56 Å². The van der Waals surface area contributed by atoms with Crippen LogP contribution in [0.5, 0.6) is 0 Å². The van der Waals surface area contributed by atoms with Crippen LogP contribution in [-0.2, 0) is 5.75 Å². The Labute approximate surface area is 105 Å². The lowest BCUT2D eigenvalue weighted by Gasteiger charge is -2.04. The molecule has 0 spiro atoms. The molecule has 0 aliphatic heterocycles. The van der Waals surface area contributed by atoms with Crippen molar-refractivity contribution in [1.29, 1.82) is 5.26 Å². The molecule has 0 aliphatic carbocycles. The lowest BCUT2D eigenvalue weighted by atomic mass is 10.2. The highest BCUT2D eigenvalue weighted by atomic mass is 32.2. The number of hydrogen-bond acceptors (Lipinski definition) is 3. The topological polar surface area (TPSA) is 36.7 Å². The number of benzene rings is 1. The van der Waals surface area contributed by atoms with E-state index in [0.717, 1.165) is 16.5 Å². The van der Waals surface area contributed by atoms with Crippen LogP contribution in [0.1, 0.15) is 16.8 Å². The van der Waals surface area contributed by atoms with Gasteiger partial charge in [-0.15, -0.1) is 11.8 Å². The lowest BCUT2D eigenvalue weighted by molar-refractivity contribution is 1.05. The molecule has 0 saturated heterocycles. The van der Waals surface area contributed by atoms with Crippen LogP contribution in [0.4, 0.5) is 0 Å². The van der Waals surface area contributed by atoms with Gasteiger partial charge in [0.2, 0.25) is 0 Å². The highest BCUT2D eigenvalue weighted by molar-refractivity contribution is 7.98. The van der Waals surface area contributed by atoms with Crippen molar-refractivity contribution in [1.82, 2.24) is 4.98 Å². The second-order valence-corrected chi connectivity index (χ2v) is 4.66. The molecular weight excluding hydrogens is 228 g/mol. The molecule has 1 aromatic heterocycles. The van der Waals surface area contributed by atoms with Gasteiger partial charge in [-0.1, -0.05) is 30.3 Å². The Morgan fingerprint density at radius 2 is 1.94 bits per heavy atom. The molecule has 0 amide bonds. The number of hydrogen-bond donors (Lipinski definition) is 0.